The maximum atomic E-state index is 9.89. The second kappa shape index (κ2) is 6.37. The van der Waals surface area contributed by atoms with Crippen LogP contribution in [0.3, 0.4) is 0 Å². The third-order valence-electron chi connectivity index (χ3n) is 2.62. The van der Waals surface area contributed by atoms with Crippen LogP contribution in [0.4, 0.5) is 5.82 Å². The van der Waals surface area contributed by atoms with Crippen molar-refractivity contribution >= 4 is 17.2 Å². The first-order chi connectivity index (χ1) is 8.81. The van der Waals surface area contributed by atoms with Crippen LogP contribution >= 0.6 is 11.3 Å². The molecule has 0 saturated heterocycles. The summed E-state index contributed by atoms with van der Waals surface area (Å²) in [5.74, 6) is 0.867. The topological polar surface area (TPSA) is 48.4 Å². The van der Waals surface area contributed by atoms with Gasteiger partial charge in [0.25, 0.3) is 0 Å². The number of pyridine rings is 1. The summed E-state index contributed by atoms with van der Waals surface area (Å²) in [5, 5.41) is 15.1. The Balaban J connectivity index is 2.16. The number of hydrogen-bond donors (Lipinski definition) is 2. The maximum absolute atomic E-state index is 9.89. The Morgan fingerprint density at radius 1 is 1.39 bits per heavy atom. The average molecular weight is 263 g/mol. The van der Waals surface area contributed by atoms with Crippen LogP contribution in [0.25, 0.3) is 0 Å². The number of aromatic nitrogens is 1. The van der Waals surface area contributed by atoms with Crippen LogP contribution in [0.5, 0.6) is 5.75 Å². The third kappa shape index (κ3) is 3.21. The molecule has 2 heterocycles. The molecule has 0 aliphatic carbocycles. The summed E-state index contributed by atoms with van der Waals surface area (Å²) in [4.78, 5) is 7.61. The minimum absolute atomic E-state index is 0.227. The van der Waals surface area contributed by atoms with Crippen LogP contribution < -0.4 is 10.2 Å². The van der Waals surface area contributed by atoms with E-state index in [1.165, 1.54) is 4.88 Å². The van der Waals surface area contributed by atoms with Gasteiger partial charge >= 0.3 is 0 Å². The first-order valence-corrected chi connectivity index (χ1v) is 6.75. The Morgan fingerprint density at radius 3 is 2.94 bits per heavy atom. The predicted molar refractivity (Wildman–Crippen MR) is 75.2 cm³/mol. The molecule has 0 unspecified atom stereocenters. The van der Waals surface area contributed by atoms with E-state index < -0.39 is 0 Å². The van der Waals surface area contributed by atoms with Gasteiger partial charge in [0.2, 0.25) is 0 Å². The van der Waals surface area contributed by atoms with Crippen LogP contribution in [-0.4, -0.2) is 30.2 Å². The molecule has 0 radical (unpaired) electrons. The lowest BCUT2D eigenvalue weighted by Gasteiger charge is -2.23. The zero-order valence-electron chi connectivity index (χ0n) is 10.3. The molecule has 0 aliphatic heterocycles. The first-order valence-electron chi connectivity index (χ1n) is 5.87. The predicted octanol–water partition coefficient (Wildman–Crippen LogP) is 2.07. The molecule has 5 heteroatoms. The minimum atomic E-state index is 0.227. The molecule has 0 saturated carbocycles. The van der Waals surface area contributed by atoms with Crippen LogP contribution in [0, 0.1) is 0 Å². The molecule has 18 heavy (non-hydrogen) atoms. The van der Waals surface area contributed by atoms with Gasteiger partial charge in [0.05, 0.1) is 6.54 Å². The van der Waals surface area contributed by atoms with Crippen molar-refractivity contribution in [3.05, 3.63) is 40.7 Å². The fourth-order valence-corrected chi connectivity index (χ4v) is 2.45. The molecule has 0 aromatic carbocycles. The second-order valence-electron chi connectivity index (χ2n) is 3.95. The van der Waals surface area contributed by atoms with Gasteiger partial charge < -0.3 is 15.3 Å². The van der Waals surface area contributed by atoms with E-state index >= 15 is 0 Å². The molecular formula is C13H17N3OS. The summed E-state index contributed by atoms with van der Waals surface area (Å²) < 4.78 is 0. The van der Waals surface area contributed by atoms with Crippen LogP contribution in [0.1, 0.15) is 4.88 Å². The Morgan fingerprint density at radius 2 is 2.28 bits per heavy atom. The highest BCUT2D eigenvalue weighted by atomic mass is 32.1. The molecular weight excluding hydrogens is 246 g/mol. The minimum Gasteiger partial charge on any atom is -0.504 e. The van der Waals surface area contributed by atoms with Crippen molar-refractivity contribution < 1.29 is 5.11 Å². The molecule has 0 bridgehead atoms. The van der Waals surface area contributed by atoms with E-state index in [0.717, 1.165) is 19.6 Å². The molecule has 2 aromatic heterocycles. The quantitative estimate of drug-likeness (QED) is 0.837. The zero-order valence-corrected chi connectivity index (χ0v) is 11.2. The summed E-state index contributed by atoms with van der Waals surface area (Å²) in [6.45, 7) is 2.42. The Hall–Kier alpha value is -1.59. The van der Waals surface area contributed by atoms with E-state index in [1.54, 1.807) is 29.7 Å². The standard InChI is InChI=1S/C13H17N3OS/c1-14-7-8-16(10-11-4-3-9-18-11)13-12(17)5-2-6-15-13/h2-6,9,14,17H,7-8,10H2,1H3. The van der Waals surface area contributed by atoms with E-state index in [-0.39, 0.29) is 5.75 Å². The van der Waals surface area contributed by atoms with Crippen molar-refractivity contribution in [2.45, 2.75) is 6.54 Å². The number of anilines is 1. The van der Waals surface area contributed by atoms with Gasteiger partial charge in [-0.15, -0.1) is 11.3 Å². The van der Waals surface area contributed by atoms with Crippen molar-refractivity contribution in [2.75, 3.05) is 25.0 Å². The van der Waals surface area contributed by atoms with Crippen LogP contribution in [0.15, 0.2) is 35.8 Å². The zero-order chi connectivity index (χ0) is 12.8. The Kier molecular flexibility index (Phi) is 4.55. The lowest BCUT2D eigenvalue weighted by atomic mass is 10.3. The normalized spacial score (nSPS) is 10.5. The van der Waals surface area contributed by atoms with E-state index in [1.807, 2.05) is 13.1 Å². The highest BCUT2D eigenvalue weighted by molar-refractivity contribution is 7.09. The number of likely N-dealkylation sites (N-methyl/N-ethyl adjacent to an activating group) is 1. The summed E-state index contributed by atoms with van der Waals surface area (Å²) >= 11 is 1.71. The summed E-state index contributed by atoms with van der Waals surface area (Å²) in [6.07, 6.45) is 1.70. The number of nitrogens with one attached hydrogen (secondary N) is 1. The largest absolute Gasteiger partial charge is 0.504 e. The van der Waals surface area contributed by atoms with Crippen molar-refractivity contribution in [1.29, 1.82) is 0 Å². The van der Waals surface area contributed by atoms with Crippen molar-refractivity contribution in [3.63, 3.8) is 0 Å². The number of hydrogen-bond acceptors (Lipinski definition) is 5. The fourth-order valence-electron chi connectivity index (χ4n) is 1.73. The fraction of sp³-hybridized carbons (Fsp3) is 0.308. The summed E-state index contributed by atoms with van der Waals surface area (Å²) in [5.41, 5.74) is 0. The van der Waals surface area contributed by atoms with Gasteiger partial charge in [-0.05, 0) is 30.6 Å². The molecule has 96 valence electrons. The SMILES string of the molecule is CNCCN(Cc1cccs1)c1ncccc1O. The Bertz CT molecular complexity index is 473. The second-order valence-corrected chi connectivity index (χ2v) is 4.98. The van der Waals surface area contributed by atoms with Gasteiger partial charge in [-0.3, -0.25) is 0 Å². The monoisotopic (exact) mass is 263 g/mol. The molecule has 4 nitrogen and oxygen atoms in total. The van der Waals surface area contributed by atoms with Crippen molar-refractivity contribution in [2.24, 2.45) is 0 Å². The number of nitrogens with zero attached hydrogens (tertiary/aromatic N) is 2. The van der Waals surface area contributed by atoms with E-state index in [0.29, 0.717) is 5.82 Å². The maximum Gasteiger partial charge on any atom is 0.171 e. The van der Waals surface area contributed by atoms with Crippen molar-refractivity contribution in [3.8, 4) is 5.75 Å². The van der Waals surface area contributed by atoms with Crippen LogP contribution in [-0.2, 0) is 6.54 Å². The smallest absolute Gasteiger partial charge is 0.171 e. The number of aromatic hydroxyl groups is 1. The highest BCUT2D eigenvalue weighted by Gasteiger charge is 2.12. The molecule has 2 rings (SSSR count). The lowest BCUT2D eigenvalue weighted by molar-refractivity contribution is 0.470. The lowest BCUT2D eigenvalue weighted by Crippen LogP contribution is -2.30. The molecule has 0 aliphatic rings. The van der Waals surface area contributed by atoms with Gasteiger partial charge in [0.1, 0.15) is 0 Å². The van der Waals surface area contributed by atoms with Crippen LogP contribution in [0.2, 0.25) is 0 Å². The van der Waals surface area contributed by atoms with Gasteiger partial charge in [0.15, 0.2) is 11.6 Å². The highest BCUT2D eigenvalue weighted by Crippen LogP contribution is 2.25. The first kappa shape index (κ1) is 12.9. The number of thiophene rings is 1. The molecule has 0 fully saturated rings. The third-order valence-corrected chi connectivity index (χ3v) is 3.49. The van der Waals surface area contributed by atoms with Gasteiger partial charge in [-0.2, -0.15) is 0 Å². The average Bonchev–Trinajstić information content (AvgIpc) is 2.88. The molecule has 0 spiro atoms. The van der Waals surface area contributed by atoms with Crippen molar-refractivity contribution in [1.82, 2.24) is 10.3 Å². The summed E-state index contributed by atoms with van der Waals surface area (Å²) in [6, 6.07) is 7.54. The van der Waals surface area contributed by atoms with E-state index in [2.05, 4.69) is 26.6 Å². The number of rotatable bonds is 6. The van der Waals surface area contributed by atoms with Gasteiger partial charge in [-0.1, -0.05) is 6.07 Å². The summed E-state index contributed by atoms with van der Waals surface area (Å²) in [7, 11) is 1.92. The Labute approximate surface area is 111 Å². The van der Waals surface area contributed by atoms with Gasteiger partial charge in [-0.25, -0.2) is 4.98 Å². The van der Waals surface area contributed by atoms with Gasteiger partial charge in [0, 0.05) is 24.2 Å². The molecule has 2 N–H and O–H groups in total. The van der Waals surface area contributed by atoms with E-state index in [4.69, 9.17) is 0 Å². The molecule has 0 amide bonds. The molecule has 0 atom stereocenters. The van der Waals surface area contributed by atoms with E-state index in [9.17, 15) is 5.11 Å². The molecule has 2 aromatic rings.